The third kappa shape index (κ3) is 6.94. The molecular weight excluding hydrogens is 519 g/mol. The first-order valence-corrected chi connectivity index (χ1v) is 10.6. The van der Waals surface area contributed by atoms with Gasteiger partial charge in [0, 0.05) is 33.2 Å². The van der Waals surface area contributed by atoms with E-state index < -0.39 is 0 Å². The minimum atomic E-state index is 0. The molecule has 0 fully saturated rings. The zero-order chi connectivity index (χ0) is 22.1. The van der Waals surface area contributed by atoms with Crippen molar-refractivity contribution in [1.29, 1.82) is 0 Å². The highest BCUT2D eigenvalue weighted by molar-refractivity contribution is 14.0. The Bertz CT molecular complexity index is 989. The first kappa shape index (κ1) is 25.6. The number of aryl methyl sites for hydroxylation is 1. The molecule has 1 atom stereocenters. The number of hydrogen-bond donors (Lipinski definition) is 3. The van der Waals surface area contributed by atoms with Crippen molar-refractivity contribution in [1.82, 2.24) is 30.4 Å². The summed E-state index contributed by atoms with van der Waals surface area (Å²) in [5.74, 6) is 2.92. The van der Waals surface area contributed by atoms with Crippen LogP contribution in [0.5, 0.6) is 5.75 Å². The highest BCUT2D eigenvalue weighted by Crippen LogP contribution is 2.21. The van der Waals surface area contributed by atoms with Crippen molar-refractivity contribution in [3.8, 4) is 5.75 Å². The molecule has 0 aliphatic heterocycles. The molecule has 3 rings (SSSR count). The van der Waals surface area contributed by atoms with Gasteiger partial charge in [-0.05, 0) is 37.0 Å². The molecule has 0 radical (unpaired) electrons. The molecule has 1 unspecified atom stereocenters. The summed E-state index contributed by atoms with van der Waals surface area (Å²) in [4.78, 5) is 13.3. The van der Waals surface area contributed by atoms with Gasteiger partial charge in [0.2, 0.25) is 0 Å². The van der Waals surface area contributed by atoms with Crippen LogP contribution in [0.4, 0.5) is 5.82 Å². The molecule has 10 heteroatoms. The Labute approximate surface area is 206 Å². The monoisotopic (exact) mass is 552 g/mol. The van der Waals surface area contributed by atoms with Crippen LogP contribution in [-0.2, 0) is 7.05 Å². The molecule has 3 aromatic rings. The highest BCUT2D eigenvalue weighted by Gasteiger charge is 2.08. The van der Waals surface area contributed by atoms with Crippen molar-refractivity contribution in [3.63, 3.8) is 0 Å². The van der Waals surface area contributed by atoms with Crippen LogP contribution >= 0.6 is 24.0 Å². The van der Waals surface area contributed by atoms with E-state index in [4.69, 9.17) is 9.73 Å². The number of methoxy groups -OCH3 is 1. The van der Waals surface area contributed by atoms with E-state index in [2.05, 4.69) is 57.0 Å². The van der Waals surface area contributed by atoms with Crippen LogP contribution in [0.2, 0.25) is 0 Å². The number of ether oxygens (including phenoxy) is 1. The van der Waals surface area contributed by atoms with Gasteiger partial charge in [-0.3, -0.25) is 9.67 Å². The first-order valence-electron chi connectivity index (χ1n) is 10.6. The number of halogens is 1. The molecule has 0 saturated carbocycles. The molecule has 3 N–H and O–H groups in total. The van der Waals surface area contributed by atoms with Gasteiger partial charge in [0.15, 0.2) is 11.6 Å². The predicted octanol–water partition coefficient (Wildman–Crippen LogP) is 3.15. The number of aliphatic imine (C=N–C) groups is 1. The number of benzene rings is 1. The van der Waals surface area contributed by atoms with Gasteiger partial charge in [-0.25, -0.2) is 9.97 Å². The zero-order valence-corrected chi connectivity index (χ0v) is 21.5. The Morgan fingerprint density at radius 2 is 1.94 bits per heavy atom. The normalized spacial score (nSPS) is 12.2. The van der Waals surface area contributed by atoms with Crippen molar-refractivity contribution >= 4 is 46.8 Å². The van der Waals surface area contributed by atoms with Gasteiger partial charge in [-0.1, -0.05) is 19.1 Å². The third-order valence-electron chi connectivity index (χ3n) is 5.10. The van der Waals surface area contributed by atoms with E-state index in [1.807, 2.05) is 19.2 Å². The van der Waals surface area contributed by atoms with Crippen LogP contribution < -0.4 is 20.7 Å². The maximum Gasteiger partial charge on any atom is 0.191 e. The number of nitrogens with one attached hydrogen (secondary N) is 3. The summed E-state index contributed by atoms with van der Waals surface area (Å²) in [5.41, 5.74) is 2.11. The number of anilines is 1. The van der Waals surface area contributed by atoms with Crippen molar-refractivity contribution in [2.24, 2.45) is 12.0 Å². The smallest absolute Gasteiger partial charge is 0.191 e. The Morgan fingerprint density at radius 1 is 1.16 bits per heavy atom. The van der Waals surface area contributed by atoms with Gasteiger partial charge in [-0.15, -0.1) is 24.0 Å². The maximum atomic E-state index is 5.23. The Morgan fingerprint density at radius 3 is 2.66 bits per heavy atom. The van der Waals surface area contributed by atoms with Crippen molar-refractivity contribution in [2.75, 3.05) is 38.6 Å². The fourth-order valence-corrected chi connectivity index (χ4v) is 3.28. The summed E-state index contributed by atoms with van der Waals surface area (Å²) in [6.07, 6.45) is 4.30. The van der Waals surface area contributed by atoms with Crippen LogP contribution in [0, 0.1) is 0 Å². The van der Waals surface area contributed by atoms with E-state index in [1.54, 1.807) is 24.3 Å². The van der Waals surface area contributed by atoms with Crippen LogP contribution in [0.15, 0.2) is 41.8 Å². The van der Waals surface area contributed by atoms with Gasteiger partial charge in [0.05, 0.1) is 18.7 Å². The third-order valence-corrected chi connectivity index (χ3v) is 5.10. The van der Waals surface area contributed by atoms with E-state index in [9.17, 15) is 0 Å². The SMILES string of the molecule is CCNC(=NCCC(C)c1ccc(OC)cc1)NCCNc1ncnc2c1cnn2C.I. The summed E-state index contributed by atoms with van der Waals surface area (Å²) in [6.45, 7) is 7.27. The molecule has 0 saturated heterocycles. The molecule has 32 heavy (non-hydrogen) atoms. The molecule has 0 aliphatic rings. The lowest BCUT2D eigenvalue weighted by Gasteiger charge is -2.14. The van der Waals surface area contributed by atoms with Crippen molar-refractivity contribution in [3.05, 3.63) is 42.4 Å². The van der Waals surface area contributed by atoms with Crippen LogP contribution in [0.25, 0.3) is 11.0 Å². The standard InChI is InChI=1S/C22H32N8O.HI/c1-5-23-22(25-11-10-16(2)17-6-8-18(31-4)9-7-17)26-13-12-24-20-19-14-29-30(3)21(19)28-15-27-20;/h6-9,14-16H,5,10-13H2,1-4H3,(H2,23,25,26)(H,24,27,28);1H. The summed E-state index contributed by atoms with van der Waals surface area (Å²) in [5, 5.41) is 15.2. The van der Waals surface area contributed by atoms with Gasteiger partial charge < -0.3 is 20.7 Å². The minimum Gasteiger partial charge on any atom is -0.497 e. The fourth-order valence-electron chi connectivity index (χ4n) is 3.28. The average molecular weight is 552 g/mol. The predicted molar refractivity (Wildman–Crippen MR) is 140 cm³/mol. The van der Waals surface area contributed by atoms with E-state index in [0.29, 0.717) is 19.0 Å². The topological polar surface area (TPSA) is 101 Å². The molecular formula is C22H33IN8O. The molecule has 0 aliphatic carbocycles. The number of fused-ring (bicyclic) bond motifs is 1. The zero-order valence-electron chi connectivity index (χ0n) is 19.1. The van der Waals surface area contributed by atoms with E-state index in [0.717, 1.165) is 48.1 Å². The summed E-state index contributed by atoms with van der Waals surface area (Å²) >= 11 is 0. The van der Waals surface area contributed by atoms with E-state index in [1.165, 1.54) is 5.56 Å². The number of nitrogens with zero attached hydrogens (tertiary/aromatic N) is 5. The number of guanidine groups is 1. The number of hydrogen-bond acceptors (Lipinski definition) is 6. The fraction of sp³-hybridized carbons (Fsp3) is 0.455. The second kappa shape index (κ2) is 13.0. The molecule has 174 valence electrons. The maximum absolute atomic E-state index is 5.23. The minimum absolute atomic E-state index is 0. The quantitative estimate of drug-likeness (QED) is 0.154. The first-order chi connectivity index (χ1) is 15.1. The summed E-state index contributed by atoms with van der Waals surface area (Å²) in [7, 11) is 3.56. The van der Waals surface area contributed by atoms with Crippen LogP contribution in [0.3, 0.4) is 0 Å². The largest absolute Gasteiger partial charge is 0.497 e. The molecule has 1 aromatic carbocycles. The van der Waals surface area contributed by atoms with Crippen LogP contribution in [0.1, 0.15) is 31.7 Å². The Hall–Kier alpha value is -2.63. The van der Waals surface area contributed by atoms with Gasteiger partial charge in [-0.2, -0.15) is 5.10 Å². The molecule has 2 heterocycles. The van der Waals surface area contributed by atoms with Crippen molar-refractivity contribution in [2.45, 2.75) is 26.2 Å². The molecule has 0 bridgehead atoms. The summed E-state index contributed by atoms with van der Waals surface area (Å²) in [6, 6.07) is 8.25. The lowest BCUT2D eigenvalue weighted by Crippen LogP contribution is -2.39. The molecule has 0 amide bonds. The van der Waals surface area contributed by atoms with Crippen LogP contribution in [-0.4, -0.2) is 59.0 Å². The van der Waals surface area contributed by atoms with Gasteiger partial charge in [0.1, 0.15) is 17.9 Å². The average Bonchev–Trinajstić information content (AvgIpc) is 3.18. The Kier molecular flexibility index (Phi) is 10.4. The number of aromatic nitrogens is 4. The van der Waals surface area contributed by atoms with Gasteiger partial charge in [0.25, 0.3) is 0 Å². The van der Waals surface area contributed by atoms with E-state index in [-0.39, 0.29) is 24.0 Å². The van der Waals surface area contributed by atoms with E-state index >= 15 is 0 Å². The Balaban J connectivity index is 0.00000363. The second-order valence-electron chi connectivity index (χ2n) is 7.30. The summed E-state index contributed by atoms with van der Waals surface area (Å²) < 4.78 is 6.97. The van der Waals surface area contributed by atoms with Crippen molar-refractivity contribution < 1.29 is 4.74 Å². The lowest BCUT2D eigenvalue weighted by atomic mass is 9.98. The van der Waals surface area contributed by atoms with Gasteiger partial charge >= 0.3 is 0 Å². The second-order valence-corrected chi connectivity index (χ2v) is 7.30. The number of rotatable bonds is 10. The molecule has 2 aromatic heterocycles. The highest BCUT2D eigenvalue weighted by atomic mass is 127. The molecule has 0 spiro atoms. The molecule has 9 nitrogen and oxygen atoms in total. The lowest BCUT2D eigenvalue weighted by molar-refractivity contribution is 0.414.